The van der Waals surface area contributed by atoms with E-state index in [0.717, 1.165) is 0 Å². The molecule has 13 heavy (non-hydrogen) atoms. The van der Waals surface area contributed by atoms with Crippen LogP contribution in [-0.2, 0) is 4.74 Å². The summed E-state index contributed by atoms with van der Waals surface area (Å²) in [7, 11) is 0. The van der Waals surface area contributed by atoms with Gasteiger partial charge in [-0.1, -0.05) is 19.9 Å². The van der Waals surface area contributed by atoms with E-state index >= 15 is 0 Å². The van der Waals surface area contributed by atoms with Crippen LogP contribution in [0.15, 0.2) is 24.0 Å². The van der Waals surface area contributed by atoms with Gasteiger partial charge in [-0.15, -0.1) is 13.2 Å². The van der Waals surface area contributed by atoms with Crippen LogP contribution < -0.4 is 0 Å². The molecule has 0 aliphatic heterocycles. The highest BCUT2D eigenvalue weighted by atomic mass is 19.4. The largest absolute Gasteiger partial charge is 0.573 e. The minimum Gasteiger partial charge on any atom is -0.406 e. The van der Waals surface area contributed by atoms with Gasteiger partial charge < -0.3 is 4.74 Å². The van der Waals surface area contributed by atoms with Crippen molar-refractivity contribution in [2.45, 2.75) is 26.6 Å². The van der Waals surface area contributed by atoms with Gasteiger partial charge in [0.05, 0.1) is 0 Å². The molecule has 1 aliphatic carbocycles. The topological polar surface area (TPSA) is 9.23 Å². The van der Waals surface area contributed by atoms with E-state index in [1.807, 2.05) is 13.8 Å². The molecule has 0 saturated heterocycles. The third kappa shape index (κ3) is 3.53. The molecule has 0 saturated carbocycles. The quantitative estimate of drug-likeness (QED) is 0.618. The van der Waals surface area contributed by atoms with E-state index in [1.165, 1.54) is 12.2 Å². The number of alkyl halides is 3. The fraction of sp³-hybridized carbons (Fsp3) is 0.556. The Hall–Kier alpha value is -0.930. The van der Waals surface area contributed by atoms with Crippen molar-refractivity contribution in [3.63, 3.8) is 0 Å². The van der Waals surface area contributed by atoms with Crippen LogP contribution in [0.25, 0.3) is 0 Å². The van der Waals surface area contributed by atoms with Gasteiger partial charge in [0.25, 0.3) is 0 Å². The zero-order chi connectivity index (χ0) is 10.1. The molecule has 0 heterocycles. The number of ether oxygens (including phenoxy) is 1. The molecule has 1 rings (SSSR count). The predicted octanol–water partition coefficient (Wildman–Crippen LogP) is 3.39. The summed E-state index contributed by atoms with van der Waals surface area (Å²) in [5.74, 6) is -0.119. The van der Waals surface area contributed by atoms with E-state index in [1.54, 1.807) is 6.08 Å². The average molecular weight is 192 g/mol. The molecule has 0 fully saturated rings. The zero-order valence-corrected chi connectivity index (χ0v) is 7.48. The van der Waals surface area contributed by atoms with Crippen molar-refractivity contribution in [1.29, 1.82) is 0 Å². The second kappa shape index (κ2) is 3.09. The molecule has 0 bridgehead atoms. The zero-order valence-electron chi connectivity index (χ0n) is 7.48. The predicted molar refractivity (Wildman–Crippen MR) is 42.8 cm³/mol. The van der Waals surface area contributed by atoms with Gasteiger partial charge in [0.15, 0.2) is 0 Å². The Balaban J connectivity index is 2.59. The Bertz CT molecular complexity index is 248. The lowest BCUT2D eigenvalue weighted by Gasteiger charge is -2.22. The molecular formula is C9H11F3O. The van der Waals surface area contributed by atoms with E-state index in [0.29, 0.717) is 6.42 Å². The fourth-order valence-corrected chi connectivity index (χ4v) is 1.02. The molecule has 0 aromatic heterocycles. The van der Waals surface area contributed by atoms with Crippen LogP contribution in [0.3, 0.4) is 0 Å². The number of rotatable bonds is 1. The van der Waals surface area contributed by atoms with Crippen molar-refractivity contribution in [3.05, 3.63) is 24.0 Å². The van der Waals surface area contributed by atoms with Gasteiger partial charge in [0.1, 0.15) is 5.76 Å². The van der Waals surface area contributed by atoms with Crippen LogP contribution in [0, 0.1) is 5.41 Å². The van der Waals surface area contributed by atoms with Crippen molar-refractivity contribution in [1.82, 2.24) is 0 Å². The van der Waals surface area contributed by atoms with E-state index in [9.17, 15) is 13.2 Å². The van der Waals surface area contributed by atoms with Crippen molar-refractivity contribution in [2.75, 3.05) is 0 Å². The number of halogens is 3. The number of hydrogen-bond donors (Lipinski definition) is 0. The lowest BCUT2D eigenvalue weighted by Crippen LogP contribution is -2.16. The maximum absolute atomic E-state index is 11.7. The Morgan fingerprint density at radius 3 is 2.38 bits per heavy atom. The Labute approximate surface area is 74.9 Å². The Morgan fingerprint density at radius 1 is 1.38 bits per heavy atom. The smallest absolute Gasteiger partial charge is 0.406 e. The normalized spacial score (nSPS) is 21.2. The molecule has 0 amide bonds. The van der Waals surface area contributed by atoms with E-state index < -0.39 is 6.36 Å². The minimum atomic E-state index is -4.59. The fourth-order valence-electron chi connectivity index (χ4n) is 1.02. The highest BCUT2D eigenvalue weighted by Crippen LogP contribution is 2.31. The Morgan fingerprint density at radius 2 is 2.00 bits per heavy atom. The summed E-state index contributed by atoms with van der Waals surface area (Å²) in [6, 6.07) is 0. The maximum Gasteiger partial charge on any atom is 0.573 e. The van der Waals surface area contributed by atoms with Gasteiger partial charge in [0, 0.05) is 0 Å². The monoisotopic (exact) mass is 192 g/mol. The van der Waals surface area contributed by atoms with Gasteiger partial charge >= 0.3 is 6.36 Å². The molecule has 4 heteroatoms. The van der Waals surface area contributed by atoms with Crippen LogP contribution in [0.1, 0.15) is 20.3 Å². The first-order chi connectivity index (χ1) is 5.79. The second-order valence-corrected chi connectivity index (χ2v) is 3.68. The Kier molecular flexibility index (Phi) is 2.41. The molecule has 0 aromatic rings. The molecule has 0 aromatic carbocycles. The van der Waals surface area contributed by atoms with Gasteiger partial charge in [0.2, 0.25) is 0 Å². The summed E-state index contributed by atoms with van der Waals surface area (Å²) in [4.78, 5) is 0. The maximum atomic E-state index is 11.7. The SMILES string of the molecule is CC1(C)C=CC(OC(F)(F)F)=CC1. The van der Waals surface area contributed by atoms with Crippen molar-refractivity contribution in [3.8, 4) is 0 Å². The summed E-state index contributed by atoms with van der Waals surface area (Å²) < 4.78 is 39.0. The lowest BCUT2D eigenvalue weighted by molar-refractivity contribution is -0.303. The first-order valence-corrected chi connectivity index (χ1v) is 3.94. The standard InChI is InChI=1S/C9H11F3O/c1-8(2)5-3-7(4-6-8)13-9(10,11)12/h3-5H,6H2,1-2H3. The summed E-state index contributed by atoms with van der Waals surface area (Å²) in [6.45, 7) is 3.90. The summed E-state index contributed by atoms with van der Waals surface area (Å²) in [5, 5.41) is 0. The first-order valence-electron chi connectivity index (χ1n) is 3.94. The van der Waals surface area contributed by atoms with Crippen LogP contribution in [-0.4, -0.2) is 6.36 Å². The molecule has 0 radical (unpaired) electrons. The van der Waals surface area contributed by atoms with Crippen LogP contribution in [0.5, 0.6) is 0 Å². The number of allylic oxidation sites excluding steroid dienone is 3. The van der Waals surface area contributed by atoms with Crippen molar-refractivity contribution >= 4 is 0 Å². The van der Waals surface area contributed by atoms with E-state index in [2.05, 4.69) is 4.74 Å². The van der Waals surface area contributed by atoms with Gasteiger partial charge in [-0.05, 0) is 24.0 Å². The molecule has 0 atom stereocenters. The summed E-state index contributed by atoms with van der Waals surface area (Å²) >= 11 is 0. The summed E-state index contributed by atoms with van der Waals surface area (Å²) in [5.41, 5.74) is -0.0710. The molecule has 0 spiro atoms. The second-order valence-electron chi connectivity index (χ2n) is 3.68. The number of hydrogen-bond acceptors (Lipinski definition) is 1. The first kappa shape index (κ1) is 10.2. The highest BCUT2D eigenvalue weighted by Gasteiger charge is 2.32. The van der Waals surface area contributed by atoms with Crippen LogP contribution >= 0.6 is 0 Å². The van der Waals surface area contributed by atoms with Crippen LogP contribution in [0.2, 0.25) is 0 Å². The highest BCUT2D eigenvalue weighted by molar-refractivity contribution is 5.20. The lowest BCUT2D eigenvalue weighted by atomic mass is 9.86. The summed E-state index contributed by atoms with van der Waals surface area (Å²) in [6.07, 6.45) is 0.505. The van der Waals surface area contributed by atoms with Crippen molar-refractivity contribution < 1.29 is 17.9 Å². The minimum absolute atomic E-state index is 0.0710. The van der Waals surface area contributed by atoms with Gasteiger partial charge in [-0.25, -0.2) is 0 Å². The molecule has 0 unspecified atom stereocenters. The van der Waals surface area contributed by atoms with Gasteiger partial charge in [-0.3, -0.25) is 0 Å². The van der Waals surface area contributed by atoms with E-state index in [-0.39, 0.29) is 11.2 Å². The molecule has 74 valence electrons. The molecule has 0 N–H and O–H groups in total. The molecule has 1 aliphatic rings. The van der Waals surface area contributed by atoms with Crippen molar-refractivity contribution in [2.24, 2.45) is 5.41 Å². The third-order valence-electron chi connectivity index (χ3n) is 1.76. The average Bonchev–Trinajstić information content (AvgIpc) is 1.91. The third-order valence-corrected chi connectivity index (χ3v) is 1.76. The molecule has 1 nitrogen and oxygen atoms in total. The van der Waals surface area contributed by atoms with E-state index in [4.69, 9.17) is 0 Å². The molecular weight excluding hydrogens is 181 g/mol. The van der Waals surface area contributed by atoms with Crippen LogP contribution in [0.4, 0.5) is 13.2 Å². The van der Waals surface area contributed by atoms with Gasteiger partial charge in [-0.2, -0.15) is 0 Å².